The Morgan fingerprint density at radius 3 is 2.67 bits per heavy atom. The molecule has 2 unspecified atom stereocenters. The lowest BCUT2D eigenvalue weighted by atomic mass is 9.85. The summed E-state index contributed by atoms with van der Waals surface area (Å²) in [5.74, 6) is -0.0746. The maximum atomic E-state index is 12.9. The predicted octanol–water partition coefficient (Wildman–Crippen LogP) is 3.37. The fourth-order valence-electron chi connectivity index (χ4n) is 3.61. The van der Waals surface area contributed by atoms with Crippen LogP contribution in [0.4, 0.5) is 13.2 Å². The van der Waals surface area contributed by atoms with Gasteiger partial charge in [0.2, 0.25) is 5.91 Å². The number of carbonyl (C=O) groups is 1. The fraction of sp³-hybridized carbons (Fsp3) is 0.611. The van der Waals surface area contributed by atoms with Gasteiger partial charge in [0, 0.05) is 23.9 Å². The zero-order chi connectivity index (χ0) is 17.4. The number of alkyl halides is 3. The number of halogens is 3. The summed E-state index contributed by atoms with van der Waals surface area (Å²) in [4.78, 5) is 12.3. The molecule has 0 saturated heterocycles. The summed E-state index contributed by atoms with van der Waals surface area (Å²) in [6.45, 7) is 0.402. The summed E-state index contributed by atoms with van der Waals surface area (Å²) in [5.41, 5.74) is 5.62. The van der Waals surface area contributed by atoms with Crippen LogP contribution in [0.2, 0.25) is 0 Å². The SMILES string of the molecule is NC1CCCC(C(=O)NCC2(c3cccc(C(F)(F)F)c3)CC2)C1. The van der Waals surface area contributed by atoms with Crippen molar-refractivity contribution in [3.05, 3.63) is 35.4 Å². The molecule has 0 spiro atoms. The summed E-state index contributed by atoms with van der Waals surface area (Å²) < 4.78 is 38.7. The first-order chi connectivity index (χ1) is 11.3. The molecule has 3 rings (SSSR count). The highest BCUT2D eigenvalue weighted by Gasteiger charge is 2.45. The number of amides is 1. The van der Waals surface area contributed by atoms with Crippen LogP contribution in [-0.2, 0) is 16.4 Å². The van der Waals surface area contributed by atoms with Gasteiger partial charge in [-0.2, -0.15) is 13.2 Å². The molecule has 1 amide bonds. The van der Waals surface area contributed by atoms with Crippen LogP contribution in [0.25, 0.3) is 0 Å². The maximum Gasteiger partial charge on any atom is 0.416 e. The first kappa shape index (κ1) is 17.3. The monoisotopic (exact) mass is 340 g/mol. The second-order valence-electron chi connectivity index (χ2n) is 7.20. The van der Waals surface area contributed by atoms with E-state index in [4.69, 9.17) is 5.73 Å². The summed E-state index contributed by atoms with van der Waals surface area (Å²) in [6, 6.07) is 5.55. The van der Waals surface area contributed by atoms with Gasteiger partial charge in [0.25, 0.3) is 0 Å². The number of hydrogen-bond donors (Lipinski definition) is 2. The molecule has 2 atom stereocenters. The quantitative estimate of drug-likeness (QED) is 0.883. The average molecular weight is 340 g/mol. The number of carbonyl (C=O) groups excluding carboxylic acids is 1. The van der Waals surface area contributed by atoms with E-state index in [9.17, 15) is 18.0 Å². The summed E-state index contributed by atoms with van der Waals surface area (Å²) in [6.07, 6.45) is 0.722. The van der Waals surface area contributed by atoms with Gasteiger partial charge >= 0.3 is 6.18 Å². The Labute approximate surface area is 139 Å². The molecule has 3 N–H and O–H groups in total. The fourth-order valence-corrected chi connectivity index (χ4v) is 3.61. The molecule has 0 heterocycles. The van der Waals surface area contributed by atoms with Gasteiger partial charge in [0.05, 0.1) is 5.56 Å². The molecule has 2 aliphatic carbocycles. The van der Waals surface area contributed by atoms with E-state index in [-0.39, 0.29) is 23.3 Å². The van der Waals surface area contributed by atoms with E-state index in [0.29, 0.717) is 18.5 Å². The number of nitrogens with two attached hydrogens (primary N) is 1. The van der Waals surface area contributed by atoms with Crippen molar-refractivity contribution in [3.8, 4) is 0 Å². The zero-order valence-electron chi connectivity index (χ0n) is 13.5. The van der Waals surface area contributed by atoms with Gasteiger partial charge in [-0.3, -0.25) is 4.79 Å². The average Bonchev–Trinajstić information content (AvgIpc) is 3.33. The van der Waals surface area contributed by atoms with Crippen molar-refractivity contribution in [1.29, 1.82) is 0 Å². The molecular formula is C18H23F3N2O. The maximum absolute atomic E-state index is 12.9. The lowest BCUT2D eigenvalue weighted by molar-refractivity contribution is -0.137. The standard InChI is InChI=1S/C18H23F3N2O/c19-18(20,21)14-5-2-4-13(10-14)17(7-8-17)11-23-16(24)12-3-1-6-15(22)9-12/h2,4-5,10,12,15H,1,3,6-9,11,22H2,(H,23,24). The second-order valence-corrected chi connectivity index (χ2v) is 7.20. The highest BCUT2D eigenvalue weighted by Crippen LogP contribution is 2.48. The lowest BCUT2D eigenvalue weighted by Gasteiger charge is -2.27. The summed E-state index contributed by atoms with van der Waals surface area (Å²) in [7, 11) is 0. The van der Waals surface area contributed by atoms with E-state index in [1.165, 1.54) is 12.1 Å². The van der Waals surface area contributed by atoms with E-state index in [1.54, 1.807) is 6.07 Å². The molecule has 2 aliphatic rings. The van der Waals surface area contributed by atoms with E-state index in [1.807, 2.05) is 0 Å². The van der Waals surface area contributed by atoms with Gasteiger partial charge in [-0.15, -0.1) is 0 Å². The van der Waals surface area contributed by atoms with Crippen LogP contribution in [0.5, 0.6) is 0 Å². The molecule has 132 valence electrons. The summed E-state index contributed by atoms with van der Waals surface area (Å²) >= 11 is 0. The first-order valence-corrected chi connectivity index (χ1v) is 8.51. The van der Waals surface area contributed by atoms with Crippen molar-refractivity contribution in [2.45, 2.75) is 56.2 Å². The number of hydrogen-bond acceptors (Lipinski definition) is 2. The molecular weight excluding hydrogens is 317 g/mol. The largest absolute Gasteiger partial charge is 0.416 e. The third-order valence-corrected chi connectivity index (χ3v) is 5.34. The summed E-state index contributed by atoms with van der Waals surface area (Å²) in [5, 5.41) is 2.96. The van der Waals surface area contributed by atoms with Gasteiger partial charge in [0.1, 0.15) is 0 Å². The normalized spacial score (nSPS) is 26.0. The van der Waals surface area contributed by atoms with Gasteiger partial charge < -0.3 is 11.1 Å². The molecule has 2 saturated carbocycles. The van der Waals surface area contributed by atoms with Crippen LogP contribution in [0.15, 0.2) is 24.3 Å². The first-order valence-electron chi connectivity index (χ1n) is 8.51. The van der Waals surface area contributed by atoms with Crippen molar-refractivity contribution < 1.29 is 18.0 Å². The molecule has 1 aromatic carbocycles. The Bertz CT molecular complexity index is 611. The molecule has 2 fully saturated rings. The van der Waals surface area contributed by atoms with Crippen LogP contribution >= 0.6 is 0 Å². The predicted molar refractivity (Wildman–Crippen MR) is 85.3 cm³/mol. The van der Waals surface area contributed by atoms with Crippen LogP contribution in [-0.4, -0.2) is 18.5 Å². The number of benzene rings is 1. The highest BCUT2D eigenvalue weighted by atomic mass is 19.4. The van der Waals surface area contributed by atoms with Crippen LogP contribution in [0.3, 0.4) is 0 Å². The molecule has 24 heavy (non-hydrogen) atoms. The molecule has 1 aromatic rings. The Morgan fingerprint density at radius 1 is 1.29 bits per heavy atom. The molecule has 6 heteroatoms. The van der Waals surface area contributed by atoms with Gasteiger partial charge in [-0.25, -0.2) is 0 Å². The van der Waals surface area contributed by atoms with Crippen molar-refractivity contribution in [2.24, 2.45) is 11.7 Å². The number of nitrogens with one attached hydrogen (secondary N) is 1. The van der Waals surface area contributed by atoms with Crippen molar-refractivity contribution in [1.82, 2.24) is 5.32 Å². The minimum absolute atomic E-state index is 0.0107. The van der Waals surface area contributed by atoms with Gasteiger partial charge in [0.15, 0.2) is 0 Å². The van der Waals surface area contributed by atoms with Crippen LogP contribution in [0.1, 0.15) is 49.7 Å². The minimum atomic E-state index is -4.34. The second kappa shape index (κ2) is 6.39. The third kappa shape index (κ3) is 3.74. The van der Waals surface area contributed by atoms with E-state index in [0.717, 1.165) is 38.2 Å². The van der Waals surface area contributed by atoms with Crippen molar-refractivity contribution in [2.75, 3.05) is 6.54 Å². The third-order valence-electron chi connectivity index (χ3n) is 5.34. The van der Waals surface area contributed by atoms with Crippen molar-refractivity contribution >= 4 is 5.91 Å². The molecule has 0 bridgehead atoms. The van der Waals surface area contributed by atoms with Crippen LogP contribution in [0, 0.1) is 5.92 Å². The molecule has 3 nitrogen and oxygen atoms in total. The Kier molecular flexibility index (Phi) is 4.60. The van der Waals surface area contributed by atoms with E-state index >= 15 is 0 Å². The van der Waals surface area contributed by atoms with Crippen LogP contribution < -0.4 is 11.1 Å². The van der Waals surface area contributed by atoms with Gasteiger partial charge in [-0.05, 0) is 43.7 Å². The minimum Gasteiger partial charge on any atom is -0.355 e. The van der Waals surface area contributed by atoms with Crippen molar-refractivity contribution in [3.63, 3.8) is 0 Å². The van der Waals surface area contributed by atoms with E-state index < -0.39 is 11.7 Å². The Morgan fingerprint density at radius 2 is 2.04 bits per heavy atom. The van der Waals surface area contributed by atoms with E-state index in [2.05, 4.69) is 5.32 Å². The van der Waals surface area contributed by atoms with Gasteiger partial charge in [-0.1, -0.05) is 24.6 Å². The molecule has 0 radical (unpaired) electrons. The Balaban J connectivity index is 1.64. The topological polar surface area (TPSA) is 55.1 Å². The zero-order valence-corrected chi connectivity index (χ0v) is 13.5. The number of rotatable bonds is 4. The Hall–Kier alpha value is -1.56. The lowest BCUT2D eigenvalue weighted by Crippen LogP contribution is -2.40. The molecule has 0 aromatic heterocycles. The smallest absolute Gasteiger partial charge is 0.355 e. The molecule has 0 aliphatic heterocycles. The highest BCUT2D eigenvalue weighted by molar-refractivity contribution is 5.79.